The van der Waals surface area contributed by atoms with Crippen LogP contribution in [0, 0.1) is 12.8 Å². The maximum absolute atomic E-state index is 4.65. The van der Waals surface area contributed by atoms with Gasteiger partial charge < -0.3 is 10.6 Å². The van der Waals surface area contributed by atoms with Crippen molar-refractivity contribution in [3.63, 3.8) is 0 Å². The Balaban J connectivity index is 0.00000180. The lowest BCUT2D eigenvalue weighted by molar-refractivity contribution is 0.766. The van der Waals surface area contributed by atoms with Gasteiger partial charge >= 0.3 is 0 Å². The Kier molecular flexibility index (Phi) is 6.62. The number of aliphatic imine (C=N–C) groups is 1. The van der Waals surface area contributed by atoms with E-state index in [1.54, 1.807) is 0 Å². The van der Waals surface area contributed by atoms with Gasteiger partial charge in [0, 0.05) is 12.6 Å². The number of hydrogen-bond donors (Lipinski definition) is 2. The molecule has 0 spiro atoms. The Labute approximate surface area is 133 Å². The van der Waals surface area contributed by atoms with Crippen molar-refractivity contribution >= 4 is 29.9 Å². The van der Waals surface area contributed by atoms with Crippen LogP contribution in [0.25, 0.3) is 0 Å². The van der Waals surface area contributed by atoms with Crippen molar-refractivity contribution in [3.05, 3.63) is 35.4 Å². The average molecular weight is 373 g/mol. The smallest absolute Gasteiger partial charge is 0.191 e. The van der Waals surface area contributed by atoms with Crippen molar-refractivity contribution in [3.8, 4) is 0 Å². The normalized spacial score (nSPS) is 21.5. The number of guanidine groups is 1. The Morgan fingerprint density at radius 2 is 2.05 bits per heavy atom. The Hall–Kier alpha value is -0.780. The minimum Gasteiger partial charge on any atom is -0.357 e. The zero-order chi connectivity index (χ0) is 13.0. The van der Waals surface area contributed by atoms with E-state index in [-0.39, 0.29) is 24.0 Å². The molecule has 0 aliphatic heterocycles. The maximum atomic E-state index is 4.65. The second-order valence-electron chi connectivity index (χ2n) is 5.09. The van der Waals surface area contributed by atoms with Crippen LogP contribution >= 0.6 is 24.0 Å². The van der Waals surface area contributed by atoms with Gasteiger partial charge in [-0.1, -0.05) is 31.2 Å². The molecule has 2 N–H and O–H groups in total. The van der Waals surface area contributed by atoms with Crippen molar-refractivity contribution in [1.82, 2.24) is 10.6 Å². The van der Waals surface area contributed by atoms with Crippen LogP contribution in [0.4, 0.5) is 0 Å². The molecule has 1 aromatic carbocycles. The molecule has 19 heavy (non-hydrogen) atoms. The van der Waals surface area contributed by atoms with Crippen LogP contribution in [-0.4, -0.2) is 18.5 Å². The van der Waals surface area contributed by atoms with Gasteiger partial charge in [0.05, 0.1) is 6.54 Å². The number of nitrogens with one attached hydrogen (secondary N) is 2. The van der Waals surface area contributed by atoms with E-state index in [0.717, 1.165) is 25.0 Å². The van der Waals surface area contributed by atoms with E-state index in [2.05, 4.69) is 60.7 Å². The highest BCUT2D eigenvalue weighted by Gasteiger charge is 2.33. The fourth-order valence-electron chi connectivity index (χ4n) is 1.97. The third kappa shape index (κ3) is 5.01. The zero-order valence-electron chi connectivity index (χ0n) is 11.9. The van der Waals surface area contributed by atoms with Gasteiger partial charge in [0.1, 0.15) is 0 Å². The quantitative estimate of drug-likeness (QED) is 0.484. The summed E-state index contributed by atoms with van der Waals surface area (Å²) in [6.07, 6.45) is 1.26. The van der Waals surface area contributed by atoms with Crippen LogP contribution in [0.1, 0.15) is 31.4 Å². The summed E-state index contributed by atoms with van der Waals surface area (Å²) < 4.78 is 0. The number of nitrogens with zero attached hydrogens (tertiary/aromatic N) is 1. The summed E-state index contributed by atoms with van der Waals surface area (Å²) in [5.74, 6) is 1.72. The maximum Gasteiger partial charge on any atom is 0.191 e. The fourth-order valence-corrected chi connectivity index (χ4v) is 1.97. The topological polar surface area (TPSA) is 36.4 Å². The molecular weight excluding hydrogens is 349 g/mol. The molecule has 3 nitrogen and oxygen atoms in total. The van der Waals surface area contributed by atoms with Gasteiger partial charge in [-0.05, 0) is 37.3 Å². The summed E-state index contributed by atoms with van der Waals surface area (Å²) >= 11 is 0. The molecule has 2 unspecified atom stereocenters. The van der Waals surface area contributed by atoms with E-state index >= 15 is 0 Å². The highest BCUT2D eigenvalue weighted by atomic mass is 127. The van der Waals surface area contributed by atoms with Gasteiger partial charge in [0.2, 0.25) is 0 Å². The van der Waals surface area contributed by atoms with Gasteiger partial charge in [-0.25, -0.2) is 4.99 Å². The molecule has 1 aromatic rings. The predicted octanol–water partition coefficient (Wildman–Crippen LogP) is 3.08. The molecule has 0 aromatic heterocycles. The lowest BCUT2D eigenvalue weighted by atomic mass is 10.1. The first-order valence-electron chi connectivity index (χ1n) is 6.80. The van der Waals surface area contributed by atoms with Gasteiger partial charge in [-0.15, -0.1) is 24.0 Å². The number of rotatable bonds is 4. The molecule has 1 aliphatic carbocycles. The number of hydrogen-bond acceptors (Lipinski definition) is 1. The molecule has 0 radical (unpaired) electrons. The Morgan fingerprint density at radius 1 is 1.37 bits per heavy atom. The molecule has 1 saturated carbocycles. The first kappa shape index (κ1) is 16.3. The van der Waals surface area contributed by atoms with Gasteiger partial charge in [0.25, 0.3) is 0 Å². The van der Waals surface area contributed by atoms with Crippen molar-refractivity contribution in [2.24, 2.45) is 10.9 Å². The molecule has 0 amide bonds. The van der Waals surface area contributed by atoms with Crippen molar-refractivity contribution in [2.75, 3.05) is 6.54 Å². The molecule has 0 saturated heterocycles. The van der Waals surface area contributed by atoms with E-state index in [1.807, 2.05) is 0 Å². The molecular formula is C15H24IN3. The second kappa shape index (κ2) is 7.72. The largest absolute Gasteiger partial charge is 0.357 e. The van der Waals surface area contributed by atoms with Crippen LogP contribution in [0.5, 0.6) is 0 Å². The number of halogens is 1. The first-order chi connectivity index (χ1) is 8.70. The van der Waals surface area contributed by atoms with Crippen LogP contribution in [0.15, 0.2) is 29.3 Å². The molecule has 0 bridgehead atoms. The van der Waals surface area contributed by atoms with Crippen LogP contribution < -0.4 is 10.6 Å². The summed E-state index contributed by atoms with van der Waals surface area (Å²) in [5, 5.41) is 6.77. The highest BCUT2D eigenvalue weighted by Crippen LogP contribution is 2.28. The van der Waals surface area contributed by atoms with Gasteiger partial charge in [0.15, 0.2) is 5.96 Å². The Morgan fingerprint density at radius 3 is 2.63 bits per heavy atom. The summed E-state index contributed by atoms with van der Waals surface area (Å²) in [6, 6.07) is 9.02. The third-order valence-corrected chi connectivity index (χ3v) is 3.44. The van der Waals surface area contributed by atoms with Crippen molar-refractivity contribution in [1.29, 1.82) is 0 Å². The minimum atomic E-state index is 0. The molecule has 4 heteroatoms. The summed E-state index contributed by atoms with van der Waals surface area (Å²) in [6.45, 7) is 8.14. The van der Waals surface area contributed by atoms with E-state index in [0.29, 0.717) is 6.04 Å². The van der Waals surface area contributed by atoms with Crippen molar-refractivity contribution in [2.45, 2.75) is 39.8 Å². The molecule has 2 rings (SSSR count). The van der Waals surface area contributed by atoms with E-state index in [1.165, 1.54) is 17.5 Å². The lowest BCUT2D eigenvalue weighted by Gasteiger charge is -2.11. The van der Waals surface area contributed by atoms with E-state index in [9.17, 15) is 0 Å². The molecule has 2 atom stereocenters. The first-order valence-corrected chi connectivity index (χ1v) is 6.80. The van der Waals surface area contributed by atoms with Crippen LogP contribution in [-0.2, 0) is 6.54 Å². The van der Waals surface area contributed by atoms with Gasteiger partial charge in [-0.2, -0.15) is 0 Å². The predicted molar refractivity (Wildman–Crippen MR) is 92.1 cm³/mol. The third-order valence-electron chi connectivity index (χ3n) is 3.44. The molecule has 106 valence electrons. The fraction of sp³-hybridized carbons (Fsp3) is 0.533. The SMILES string of the molecule is CCNC(=NCc1ccccc1C)NC1CC1C.I. The van der Waals surface area contributed by atoms with Crippen molar-refractivity contribution < 1.29 is 0 Å². The summed E-state index contributed by atoms with van der Waals surface area (Å²) in [7, 11) is 0. The summed E-state index contributed by atoms with van der Waals surface area (Å²) in [5.41, 5.74) is 2.59. The molecule has 1 aliphatic rings. The zero-order valence-corrected chi connectivity index (χ0v) is 14.3. The highest BCUT2D eigenvalue weighted by molar-refractivity contribution is 14.0. The second-order valence-corrected chi connectivity index (χ2v) is 5.09. The van der Waals surface area contributed by atoms with E-state index in [4.69, 9.17) is 0 Å². The standard InChI is InChI=1S/C15H23N3.HI/c1-4-16-15(18-14-9-12(14)3)17-10-13-8-6-5-7-11(13)2;/h5-8,12,14H,4,9-10H2,1-3H3,(H2,16,17,18);1H. The molecule has 0 heterocycles. The van der Waals surface area contributed by atoms with Crippen LogP contribution in [0.2, 0.25) is 0 Å². The van der Waals surface area contributed by atoms with Gasteiger partial charge in [-0.3, -0.25) is 0 Å². The summed E-state index contributed by atoms with van der Waals surface area (Å²) in [4.78, 5) is 4.65. The van der Waals surface area contributed by atoms with E-state index < -0.39 is 0 Å². The van der Waals surface area contributed by atoms with Crippen LogP contribution in [0.3, 0.4) is 0 Å². The number of benzene rings is 1. The average Bonchev–Trinajstić information content (AvgIpc) is 3.04. The Bertz CT molecular complexity index is 431. The lowest BCUT2D eigenvalue weighted by Crippen LogP contribution is -2.39. The molecule has 1 fully saturated rings. The monoisotopic (exact) mass is 373 g/mol. The number of aryl methyl sites for hydroxylation is 1. The minimum absolute atomic E-state index is 0.